The first-order valence-electron chi connectivity index (χ1n) is 6.10. The predicted molar refractivity (Wildman–Crippen MR) is 65.1 cm³/mol. The van der Waals surface area contributed by atoms with Gasteiger partial charge in [0.15, 0.2) is 5.82 Å². The summed E-state index contributed by atoms with van der Waals surface area (Å²) in [5.41, 5.74) is 0.968. The molecule has 6 nitrogen and oxygen atoms in total. The number of rotatable bonds is 2. The lowest BCUT2D eigenvalue weighted by Gasteiger charge is -2.21. The monoisotopic (exact) mass is 245 g/mol. The Morgan fingerprint density at radius 1 is 1.33 bits per heavy atom. The van der Waals surface area contributed by atoms with Crippen molar-refractivity contribution in [2.45, 2.75) is 32.7 Å². The van der Waals surface area contributed by atoms with Crippen molar-refractivity contribution in [1.29, 1.82) is 0 Å². The molecule has 1 unspecified atom stereocenters. The Labute approximate surface area is 105 Å². The maximum Gasteiger partial charge on any atom is 0.226 e. The van der Waals surface area contributed by atoms with Crippen LogP contribution in [0.2, 0.25) is 0 Å². The van der Waals surface area contributed by atoms with Gasteiger partial charge in [-0.3, -0.25) is 0 Å². The van der Waals surface area contributed by atoms with E-state index < -0.39 is 0 Å². The fourth-order valence-electron chi connectivity index (χ4n) is 2.30. The van der Waals surface area contributed by atoms with E-state index in [2.05, 4.69) is 25.0 Å². The first-order chi connectivity index (χ1) is 8.74. The molecule has 0 saturated carbocycles. The zero-order valence-electron chi connectivity index (χ0n) is 10.5. The molecule has 1 aliphatic rings. The van der Waals surface area contributed by atoms with E-state index in [9.17, 15) is 0 Å². The van der Waals surface area contributed by atoms with Crippen LogP contribution in [0, 0.1) is 13.8 Å². The molecule has 0 N–H and O–H groups in total. The molecule has 0 aliphatic carbocycles. The van der Waals surface area contributed by atoms with Gasteiger partial charge >= 0.3 is 0 Å². The molecule has 1 aliphatic heterocycles. The number of hydrogen-bond donors (Lipinski definition) is 0. The van der Waals surface area contributed by atoms with Crippen LogP contribution in [0.15, 0.2) is 16.8 Å². The van der Waals surface area contributed by atoms with E-state index in [0.29, 0.717) is 5.89 Å². The lowest BCUT2D eigenvalue weighted by molar-refractivity contribution is 0.383. The van der Waals surface area contributed by atoms with Gasteiger partial charge in [-0.05, 0) is 25.8 Å². The standard InChI is InChI=1S/C12H15N5O/c1-8-5-6-13-12(14-8)17-7-3-4-10(17)11-15-9(2)18-16-11/h5-6,10H,3-4,7H2,1-2H3. The Balaban J connectivity index is 1.92. The number of aromatic nitrogens is 4. The van der Waals surface area contributed by atoms with E-state index in [1.54, 1.807) is 13.1 Å². The molecule has 0 radical (unpaired) electrons. The summed E-state index contributed by atoms with van der Waals surface area (Å²) in [6, 6.07) is 2.02. The lowest BCUT2D eigenvalue weighted by atomic mass is 10.2. The summed E-state index contributed by atoms with van der Waals surface area (Å²) in [6.07, 6.45) is 3.89. The van der Waals surface area contributed by atoms with Crippen molar-refractivity contribution in [1.82, 2.24) is 20.1 Å². The van der Waals surface area contributed by atoms with Crippen molar-refractivity contribution < 1.29 is 4.52 Å². The molecular weight excluding hydrogens is 230 g/mol. The number of nitrogens with zero attached hydrogens (tertiary/aromatic N) is 5. The second-order valence-corrected chi connectivity index (χ2v) is 4.52. The molecule has 1 atom stereocenters. The largest absolute Gasteiger partial charge is 0.340 e. The minimum Gasteiger partial charge on any atom is -0.340 e. The van der Waals surface area contributed by atoms with Gasteiger partial charge in [-0.15, -0.1) is 0 Å². The summed E-state index contributed by atoms with van der Waals surface area (Å²) in [4.78, 5) is 15.3. The van der Waals surface area contributed by atoms with Crippen molar-refractivity contribution >= 4 is 5.95 Å². The molecule has 0 bridgehead atoms. The second kappa shape index (κ2) is 4.36. The zero-order chi connectivity index (χ0) is 12.5. The minimum absolute atomic E-state index is 0.129. The van der Waals surface area contributed by atoms with Gasteiger partial charge in [0, 0.05) is 25.4 Å². The van der Waals surface area contributed by atoms with Crippen LogP contribution >= 0.6 is 0 Å². The van der Waals surface area contributed by atoms with Gasteiger partial charge < -0.3 is 9.42 Å². The average molecular weight is 245 g/mol. The summed E-state index contributed by atoms with van der Waals surface area (Å²) in [6.45, 7) is 4.70. The van der Waals surface area contributed by atoms with Crippen molar-refractivity contribution in [3.8, 4) is 0 Å². The van der Waals surface area contributed by atoms with Gasteiger partial charge in [-0.1, -0.05) is 5.16 Å². The number of aryl methyl sites for hydroxylation is 2. The minimum atomic E-state index is 0.129. The van der Waals surface area contributed by atoms with Gasteiger partial charge in [0.2, 0.25) is 11.8 Å². The second-order valence-electron chi connectivity index (χ2n) is 4.52. The molecule has 0 spiro atoms. The van der Waals surface area contributed by atoms with Crippen LogP contribution < -0.4 is 4.90 Å². The molecule has 94 valence electrons. The Bertz CT molecular complexity index is 553. The van der Waals surface area contributed by atoms with Crippen LogP contribution in [0.3, 0.4) is 0 Å². The van der Waals surface area contributed by atoms with Crippen LogP contribution in [-0.4, -0.2) is 26.7 Å². The smallest absolute Gasteiger partial charge is 0.226 e. The SMILES string of the molecule is Cc1ccnc(N2CCCC2c2noc(C)n2)n1. The molecule has 3 heterocycles. The van der Waals surface area contributed by atoms with E-state index in [0.717, 1.165) is 36.9 Å². The Morgan fingerprint density at radius 2 is 2.22 bits per heavy atom. The van der Waals surface area contributed by atoms with Gasteiger partial charge in [0.05, 0.1) is 6.04 Å². The topological polar surface area (TPSA) is 67.9 Å². The van der Waals surface area contributed by atoms with Crippen LogP contribution in [0.4, 0.5) is 5.95 Å². The van der Waals surface area contributed by atoms with E-state index in [1.807, 2.05) is 13.0 Å². The molecular formula is C12H15N5O. The fourth-order valence-corrected chi connectivity index (χ4v) is 2.30. The van der Waals surface area contributed by atoms with Gasteiger partial charge in [-0.25, -0.2) is 9.97 Å². The molecule has 6 heteroatoms. The summed E-state index contributed by atoms with van der Waals surface area (Å²) in [5.74, 6) is 2.08. The third-order valence-electron chi connectivity index (χ3n) is 3.13. The Kier molecular flexibility index (Phi) is 2.70. The maximum atomic E-state index is 5.06. The highest BCUT2D eigenvalue weighted by Gasteiger charge is 2.31. The first-order valence-corrected chi connectivity index (χ1v) is 6.10. The molecule has 2 aromatic rings. The van der Waals surface area contributed by atoms with Crippen molar-refractivity contribution in [2.24, 2.45) is 0 Å². The summed E-state index contributed by atoms with van der Waals surface area (Å²) < 4.78 is 5.06. The molecule has 1 saturated heterocycles. The van der Waals surface area contributed by atoms with Crippen LogP contribution in [-0.2, 0) is 0 Å². The number of hydrogen-bond acceptors (Lipinski definition) is 6. The highest BCUT2D eigenvalue weighted by atomic mass is 16.5. The highest BCUT2D eigenvalue weighted by Crippen LogP contribution is 2.32. The van der Waals surface area contributed by atoms with Crippen molar-refractivity contribution in [2.75, 3.05) is 11.4 Å². The zero-order valence-corrected chi connectivity index (χ0v) is 10.5. The quantitative estimate of drug-likeness (QED) is 0.803. The normalized spacial score (nSPS) is 19.4. The fraction of sp³-hybridized carbons (Fsp3) is 0.500. The van der Waals surface area contributed by atoms with E-state index >= 15 is 0 Å². The Hall–Kier alpha value is -1.98. The van der Waals surface area contributed by atoms with Crippen LogP contribution in [0.5, 0.6) is 0 Å². The summed E-state index contributed by atoms with van der Waals surface area (Å²) in [5, 5.41) is 4.01. The van der Waals surface area contributed by atoms with Gasteiger partial charge in [0.25, 0.3) is 0 Å². The molecule has 2 aromatic heterocycles. The van der Waals surface area contributed by atoms with Crippen LogP contribution in [0.1, 0.15) is 36.3 Å². The maximum absolute atomic E-state index is 5.06. The van der Waals surface area contributed by atoms with E-state index in [-0.39, 0.29) is 6.04 Å². The van der Waals surface area contributed by atoms with Crippen molar-refractivity contribution in [3.05, 3.63) is 29.7 Å². The summed E-state index contributed by atoms with van der Waals surface area (Å²) in [7, 11) is 0. The lowest BCUT2D eigenvalue weighted by Crippen LogP contribution is -2.25. The van der Waals surface area contributed by atoms with Gasteiger partial charge in [0.1, 0.15) is 0 Å². The highest BCUT2D eigenvalue weighted by molar-refractivity contribution is 5.35. The molecule has 18 heavy (non-hydrogen) atoms. The molecule has 0 amide bonds. The molecule has 3 rings (SSSR count). The number of anilines is 1. The molecule has 1 fully saturated rings. The predicted octanol–water partition coefficient (Wildman–Crippen LogP) is 1.82. The van der Waals surface area contributed by atoms with E-state index in [4.69, 9.17) is 4.52 Å². The van der Waals surface area contributed by atoms with Crippen LogP contribution in [0.25, 0.3) is 0 Å². The Morgan fingerprint density at radius 3 is 2.94 bits per heavy atom. The average Bonchev–Trinajstić information content (AvgIpc) is 2.96. The third kappa shape index (κ3) is 1.94. The third-order valence-corrected chi connectivity index (χ3v) is 3.13. The van der Waals surface area contributed by atoms with Gasteiger partial charge in [-0.2, -0.15) is 4.98 Å². The first kappa shape index (κ1) is 11.1. The van der Waals surface area contributed by atoms with Crippen molar-refractivity contribution in [3.63, 3.8) is 0 Å². The van der Waals surface area contributed by atoms with E-state index in [1.165, 1.54) is 0 Å². The molecule has 0 aromatic carbocycles. The summed E-state index contributed by atoms with van der Waals surface area (Å²) >= 11 is 0.